The van der Waals surface area contributed by atoms with Crippen LogP contribution in [0.5, 0.6) is 5.75 Å². The predicted octanol–water partition coefficient (Wildman–Crippen LogP) is 4.29. The molecule has 0 fully saturated rings. The fourth-order valence-corrected chi connectivity index (χ4v) is 3.15. The summed E-state index contributed by atoms with van der Waals surface area (Å²) < 4.78 is 34.2. The average molecular weight is 378 g/mol. The van der Waals surface area contributed by atoms with Gasteiger partial charge in [-0.05, 0) is 18.9 Å². The fraction of sp³-hybridized carbons (Fsp3) is 0.474. The van der Waals surface area contributed by atoms with Gasteiger partial charge in [-0.2, -0.15) is 5.10 Å². The van der Waals surface area contributed by atoms with Crippen LogP contribution in [-0.2, 0) is 13.1 Å². The maximum absolute atomic E-state index is 13.5. The number of fused-ring (bicyclic) bond motifs is 1. The van der Waals surface area contributed by atoms with Crippen LogP contribution in [-0.4, -0.2) is 33.4 Å². The summed E-state index contributed by atoms with van der Waals surface area (Å²) in [6, 6.07) is 7.04. The maximum atomic E-state index is 13.5. The number of carbonyl (C=O) groups is 1. The Kier molecular flexibility index (Phi) is 5.62. The lowest BCUT2D eigenvalue weighted by atomic mass is 10.2. The van der Waals surface area contributed by atoms with Crippen molar-refractivity contribution in [1.29, 1.82) is 0 Å². The Balaban J connectivity index is 1.80. The number of aromatic nitrogens is 2. The third-order valence-electron chi connectivity index (χ3n) is 4.29. The highest BCUT2D eigenvalue weighted by Crippen LogP contribution is 2.29. The summed E-state index contributed by atoms with van der Waals surface area (Å²) in [5, 5.41) is 6.63. The minimum absolute atomic E-state index is 0.0433. The van der Waals surface area contributed by atoms with Gasteiger partial charge in [0.05, 0.1) is 25.0 Å². The van der Waals surface area contributed by atoms with E-state index in [0.29, 0.717) is 19.6 Å². The molecule has 1 aromatic heterocycles. The first kappa shape index (κ1) is 19.1. The zero-order valence-corrected chi connectivity index (χ0v) is 15.7. The smallest absolute Gasteiger partial charge is 0.322 e. The first-order valence-corrected chi connectivity index (χ1v) is 8.99. The molecule has 1 N–H and O–H groups in total. The average Bonchev–Trinajstić information content (AvgIpc) is 2.88. The lowest BCUT2D eigenvalue weighted by Crippen LogP contribution is -2.39. The highest BCUT2D eigenvalue weighted by molar-refractivity contribution is 5.90. The molecule has 1 aliphatic rings. The largest absolute Gasteiger partial charge is 0.489 e. The van der Waals surface area contributed by atoms with Crippen LogP contribution in [0, 0.1) is 5.92 Å². The van der Waals surface area contributed by atoms with Crippen LogP contribution >= 0.6 is 0 Å². The molecule has 2 aromatic rings. The van der Waals surface area contributed by atoms with Crippen LogP contribution in [0.2, 0.25) is 0 Å². The summed E-state index contributed by atoms with van der Waals surface area (Å²) >= 11 is 0. The van der Waals surface area contributed by atoms with E-state index in [9.17, 15) is 13.6 Å². The molecule has 1 atom stereocenters. The number of urea groups is 1. The molecule has 2 heterocycles. The molecule has 6 nitrogen and oxygen atoms in total. The van der Waals surface area contributed by atoms with Crippen LogP contribution in [0.15, 0.2) is 30.5 Å². The summed E-state index contributed by atoms with van der Waals surface area (Å²) in [7, 11) is 0. The van der Waals surface area contributed by atoms with Gasteiger partial charge in [-0.1, -0.05) is 32.0 Å². The number of amides is 2. The Morgan fingerprint density at radius 3 is 2.81 bits per heavy atom. The minimum atomic E-state index is -2.73. The summed E-state index contributed by atoms with van der Waals surface area (Å²) in [5.41, 5.74) is 0.653. The molecule has 3 rings (SSSR count). The van der Waals surface area contributed by atoms with Crippen molar-refractivity contribution in [3.8, 4) is 5.75 Å². The van der Waals surface area contributed by atoms with Crippen LogP contribution < -0.4 is 10.1 Å². The van der Waals surface area contributed by atoms with E-state index in [1.807, 2.05) is 45.0 Å². The highest BCUT2D eigenvalue weighted by Gasteiger charge is 2.27. The maximum Gasteiger partial charge on any atom is 0.322 e. The molecule has 0 saturated heterocycles. The Hall–Kier alpha value is -2.64. The summed E-state index contributed by atoms with van der Waals surface area (Å²) in [6.45, 7) is 6.77. The molecule has 0 spiro atoms. The van der Waals surface area contributed by atoms with Crippen molar-refractivity contribution >= 4 is 11.7 Å². The van der Waals surface area contributed by atoms with Gasteiger partial charge in [-0.3, -0.25) is 4.68 Å². The molecule has 0 saturated carbocycles. The number of carbonyl (C=O) groups excluding carboxylic acids is 1. The van der Waals surface area contributed by atoms with Crippen molar-refractivity contribution in [3.05, 3.63) is 41.7 Å². The van der Waals surface area contributed by atoms with E-state index in [0.717, 1.165) is 11.3 Å². The highest BCUT2D eigenvalue weighted by atomic mass is 19.3. The van der Waals surface area contributed by atoms with Crippen LogP contribution in [0.1, 0.15) is 38.5 Å². The zero-order chi connectivity index (χ0) is 19.6. The van der Waals surface area contributed by atoms with Gasteiger partial charge in [0.15, 0.2) is 0 Å². The van der Waals surface area contributed by atoms with E-state index < -0.39 is 12.5 Å². The number of hydrogen-bond donors (Lipinski definition) is 1. The fourth-order valence-electron chi connectivity index (χ4n) is 3.15. The van der Waals surface area contributed by atoms with Gasteiger partial charge < -0.3 is 15.0 Å². The first-order valence-electron chi connectivity index (χ1n) is 8.99. The third kappa shape index (κ3) is 4.37. The molecule has 0 radical (unpaired) electrons. The number of rotatable bonds is 4. The third-order valence-corrected chi connectivity index (χ3v) is 4.29. The number of halogens is 2. The van der Waals surface area contributed by atoms with Gasteiger partial charge in [-0.15, -0.1) is 0 Å². The number of nitrogens with zero attached hydrogens (tertiary/aromatic N) is 3. The molecular weight excluding hydrogens is 354 g/mol. The molecule has 146 valence electrons. The second-order valence-electron chi connectivity index (χ2n) is 7.17. The van der Waals surface area contributed by atoms with Crippen LogP contribution in [0.3, 0.4) is 0 Å². The zero-order valence-electron chi connectivity index (χ0n) is 15.7. The molecule has 1 aliphatic heterocycles. The lowest BCUT2D eigenvalue weighted by Gasteiger charge is -2.22. The first-order chi connectivity index (χ1) is 12.8. The van der Waals surface area contributed by atoms with Crippen molar-refractivity contribution < 1.29 is 18.3 Å². The molecule has 0 aliphatic carbocycles. The normalized spacial score (nSPS) is 16.9. The Labute approximate surface area is 157 Å². The number of ether oxygens (including phenoxy) is 1. The lowest BCUT2D eigenvalue weighted by molar-refractivity contribution is 0.138. The number of alkyl halides is 2. The quantitative estimate of drug-likeness (QED) is 0.863. The van der Waals surface area contributed by atoms with E-state index in [1.54, 1.807) is 4.90 Å². The molecule has 27 heavy (non-hydrogen) atoms. The van der Waals surface area contributed by atoms with Gasteiger partial charge in [0.25, 0.3) is 6.43 Å². The van der Waals surface area contributed by atoms with Crippen molar-refractivity contribution in [3.63, 3.8) is 0 Å². The topological polar surface area (TPSA) is 59.4 Å². The van der Waals surface area contributed by atoms with Crippen molar-refractivity contribution in [2.45, 2.75) is 46.4 Å². The Morgan fingerprint density at radius 2 is 2.11 bits per heavy atom. The molecule has 1 aromatic carbocycles. The van der Waals surface area contributed by atoms with E-state index in [4.69, 9.17) is 4.74 Å². The van der Waals surface area contributed by atoms with Gasteiger partial charge in [0.2, 0.25) is 0 Å². The van der Waals surface area contributed by atoms with Crippen molar-refractivity contribution in [2.24, 2.45) is 5.92 Å². The van der Waals surface area contributed by atoms with Gasteiger partial charge in [0, 0.05) is 12.1 Å². The van der Waals surface area contributed by atoms with Gasteiger partial charge >= 0.3 is 6.03 Å². The van der Waals surface area contributed by atoms with E-state index in [-0.39, 0.29) is 23.4 Å². The number of hydrogen-bond acceptors (Lipinski definition) is 3. The minimum Gasteiger partial charge on any atom is -0.489 e. The molecule has 1 unspecified atom stereocenters. The van der Waals surface area contributed by atoms with Crippen LogP contribution in [0.4, 0.5) is 19.3 Å². The van der Waals surface area contributed by atoms with E-state index in [1.165, 1.54) is 10.9 Å². The summed E-state index contributed by atoms with van der Waals surface area (Å²) in [4.78, 5) is 14.3. The summed E-state index contributed by atoms with van der Waals surface area (Å²) in [5.74, 6) is 0.893. The SMILES string of the molecule is CC(C)Cn1ncc(NC(=O)N2Cc3ccccc3OC(C)C2)c1C(F)F. The van der Waals surface area contributed by atoms with Gasteiger partial charge in [-0.25, -0.2) is 13.6 Å². The van der Waals surface area contributed by atoms with Gasteiger partial charge in [0.1, 0.15) is 17.5 Å². The number of nitrogens with one attached hydrogen (secondary N) is 1. The molecule has 8 heteroatoms. The second kappa shape index (κ2) is 7.94. The molecular formula is C19H24F2N4O2. The van der Waals surface area contributed by atoms with Crippen molar-refractivity contribution in [2.75, 3.05) is 11.9 Å². The van der Waals surface area contributed by atoms with E-state index in [2.05, 4.69) is 10.4 Å². The number of anilines is 1. The van der Waals surface area contributed by atoms with E-state index >= 15 is 0 Å². The van der Waals surface area contributed by atoms with Crippen LogP contribution in [0.25, 0.3) is 0 Å². The molecule has 2 amide bonds. The standard InChI is InChI=1S/C19H24F2N4O2/c1-12(2)9-25-17(18(20)21)15(8-22-25)23-19(26)24-10-13(3)27-16-7-5-4-6-14(16)11-24/h4-8,12-13,18H,9-11H2,1-3H3,(H,23,26). The monoisotopic (exact) mass is 378 g/mol. The Morgan fingerprint density at radius 1 is 1.37 bits per heavy atom. The second-order valence-corrected chi connectivity index (χ2v) is 7.17. The molecule has 0 bridgehead atoms. The Bertz CT molecular complexity index is 807. The predicted molar refractivity (Wildman–Crippen MR) is 98.0 cm³/mol. The number of benzene rings is 1. The number of para-hydroxylation sites is 1. The summed E-state index contributed by atoms with van der Waals surface area (Å²) in [6.07, 6.45) is -1.65. The van der Waals surface area contributed by atoms with Crippen molar-refractivity contribution in [1.82, 2.24) is 14.7 Å².